The van der Waals surface area contributed by atoms with Gasteiger partial charge in [-0.2, -0.15) is 0 Å². The minimum Gasteiger partial charge on any atom is -0.459 e. The normalized spacial score (nSPS) is 22.7. The van der Waals surface area contributed by atoms with E-state index in [1.807, 2.05) is 31.3 Å². The lowest BCUT2D eigenvalue weighted by atomic mass is 9.76. The smallest absolute Gasteiger partial charge is 0.298 e. The molecule has 0 saturated carbocycles. The molecule has 2 aromatic rings. The summed E-state index contributed by atoms with van der Waals surface area (Å²) in [6.07, 6.45) is 4.14. The summed E-state index contributed by atoms with van der Waals surface area (Å²) in [6.45, 7) is 4.78. The van der Waals surface area contributed by atoms with Crippen molar-refractivity contribution >= 4 is 18.2 Å². The minimum absolute atomic E-state index is 0.277. The molecule has 2 aromatic carbocycles. The topological polar surface area (TPSA) is 38.8 Å². The third-order valence-corrected chi connectivity index (χ3v) is 5.26. The minimum atomic E-state index is -0.675. The van der Waals surface area contributed by atoms with Crippen molar-refractivity contribution in [3.8, 4) is 11.5 Å². The first kappa shape index (κ1) is 14.8. The van der Waals surface area contributed by atoms with Gasteiger partial charge in [-0.25, -0.2) is 0 Å². The number of para-hydroxylation sites is 2. The second-order valence-corrected chi connectivity index (χ2v) is 6.72. The molecule has 0 bridgehead atoms. The lowest BCUT2D eigenvalue weighted by molar-refractivity contribution is -0.120. The molecule has 24 heavy (non-hydrogen) atoms. The predicted octanol–water partition coefficient (Wildman–Crippen LogP) is 3.75. The van der Waals surface area contributed by atoms with Gasteiger partial charge in [0.2, 0.25) is 5.72 Å². The van der Waals surface area contributed by atoms with Gasteiger partial charge >= 0.3 is 0 Å². The zero-order valence-corrected chi connectivity index (χ0v) is 13.9. The molecular formula is C20H19NO3. The van der Waals surface area contributed by atoms with Crippen LogP contribution < -0.4 is 14.4 Å². The number of carbonyl (C=O) groups excluding carboxylic acids is 1. The van der Waals surface area contributed by atoms with E-state index in [2.05, 4.69) is 43.0 Å². The molecular weight excluding hydrogens is 302 g/mol. The van der Waals surface area contributed by atoms with Gasteiger partial charge in [0.1, 0.15) is 0 Å². The first-order valence-corrected chi connectivity index (χ1v) is 7.96. The van der Waals surface area contributed by atoms with E-state index >= 15 is 0 Å². The van der Waals surface area contributed by atoms with E-state index in [0.717, 1.165) is 11.3 Å². The predicted molar refractivity (Wildman–Crippen MR) is 93.4 cm³/mol. The van der Waals surface area contributed by atoms with Crippen LogP contribution in [-0.4, -0.2) is 19.2 Å². The number of likely N-dealkylation sites (N-methyl/N-ethyl adjacent to an activating group) is 1. The fraction of sp³-hybridized carbons (Fsp3) is 0.250. The molecule has 4 heteroatoms. The second-order valence-electron chi connectivity index (χ2n) is 6.72. The molecule has 0 N–H and O–H groups in total. The van der Waals surface area contributed by atoms with Crippen molar-refractivity contribution in [3.05, 3.63) is 59.7 Å². The van der Waals surface area contributed by atoms with Crippen molar-refractivity contribution in [2.75, 3.05) is 11.9 Å². The van der Waals surface area contributed by atoms with Crippen LogP contribution in [0, 0.1) is 0 Å². The van der Waals surface area contributed by atoms with E-state index in [9.17, 15) is 4.79 Å². The summed E-state index contributed by atoms with van der Waals surface area (Å²) in [5.41, 5.74) is 2.33. The SMILES string of the molecule is CN1c2ccccc2C(C)(C)C12C=Cc1cccc(OC=O)c1O2. The molecule has 1 spiro atoms. The molecule has 0 aliphatic carbocycles. The molecule has 1 unspecified atom stereocenters. The second kappa shape index (κ2) is 4.87. The third-order valence-electron chi connectivity index (χ3n) is 5.26. The van der Waals surface area contributed by atoms with Gasteiger partial charge in [0, 0.05) is 18.3 Å². The van der Waals surface area contributed by atoms with Crippen molar-refractivity contribution in [1.29, 1.82) is 0 Å². The molecule has 0 saturated heterocycles. The molecule has 4 rings (SSSR count). The Hall–Kier alpha value is -2.75. The Kier molecular flexibility index (Phi) is 3.01. The molecule has 122 valence electrons. The maximum Gasteiger partial charge on any atom is 0.298 e. The zero-order valence-electron chi connectivity index (χ0n) is 13.9. The molecule has 4 nitrogen and oxygen atoms in total. The van der Waals surface area contributed by atoms with Gasteiger partial charge in [-0.1, -0.05) is 30.3 Å². The largest absolute Gasteiger partial charge is 0.459 e. The van der Waals surface area contributed by atoms with Gasteiger partial charge in [-0.3, -0.25) is 4.79 Å². The van der Waals surface area contributed by atoms with Gasteiger partial charge in [0.05, 0.1) is 5.41 Å². The Morgan fingerprint density at radius 1 is 1.12 bits per heavy atom. The summed E-state index contributed by atoms with van der Waals surface area (Å²) >= 11 is 0. The summed E-state index contributed by atoms with van der Waals surface area (Å²) < 4.78 is 11.7. The van der Waals surface area contributed by atoms with E-state index in [1.165, 1.54) is 5.56 Å². The highest BCUT2D eigenvalue weighted by atomic mass is 16.6. The molecule has 1 atom stereocenters. The highest BCUT2D eigenvalue weighted by Crippen LogP contribution is 2.55. The zero-order chi connectivity index (χ0) is 16.9. The lowest BCUT2D eigenvalue weighted by Gasteiger charge is -2.45. The number of hydrogen-bond acceptors (Lipinski definition) is 4. The number of hydrogen-bond donors (Lipinski definition) is 0. The fourth-order valence-electron chi connectivity index (χ4n) is 3.91. The molecule has 2 heterocycles. The molecule has 0 radical (unpaired) electrons. The molecule has 0 amide bonds. The van der Waals surface area contributed by atoms with Crippen molar-refractivity contribution in [2.45, 2.75) is 25.0 Å². The van der Waals surface area contributed by atoms with E-state index in [0.29, 0.717) is 18.0 Å². The van der Waals surface area contributed by atoms with Gasteiger partial charge in [-0.05, 0) is 43.7 Å². The number of anilines is 1. The van der Waals surface area contributed by atoms with Crippen LogP contribution in [0.5, 0.6) is 11.5 Å². The van der Waals surface area contributed by atoms with Gasteiger partial charge in [0.15, 0.2) is 11.5 Å². The third kappa shape index (κ3) is 1.71. The number of benzene rings is 2. The van der Waals surface area contributed by atoms with Crippen LogP contribution >= 0.6 is 0 Å². The first-order chi connectivity index (χ1) is 11.5. The number of nitrogens with zero attached hydrogens (tertiary/aromatic N) is 1. The molecule has 0 fully saturated rings. The number of ether oxygens (including phenoxy) is 2. The summed E-state index contributed by atoms with van der Waals surface area (Å²) in [6, 6.07) is 13.9. The van der Waals surface area contributed by atoms with Gasteiger partial charge < -0.3 is 14.4 Å². The van der Waals surface area contributed by atoms with E-state index in [4.69, 9.17) is 9.47 Å². The van der Waals surface area contributed by atoms with Crippen LogP contribution in [-0.2, 0) is 10.2 Å². The fourth-order valence-corrected chi connectivity index (χ4v) is 3.91. The van der Waals surface area contributed by atoms with Crippen molar-refractivity contribution in [3.63, 3.8) is 0 Å². The molecule has 2 aliphatic rings. The van der Waals surface area contributed by atoms with Crippen LogP contribution in [0.25, 0.3) is 6.08 Å². The van der Waals surface area contributed by atoms with E-state index < -0.39 is 5.72 Å². The first-order valence-electron chi connectivity index (χ1n) is 7.96. The number of rotatable bonds is 2. The quantitative estimate of drug-likeness (QED) is 0.790. The summed E-state index contributed by atoms with van der Waals surface area (Å²) in [7, 11) is 2.03. The highest BCUT2D eigenvalue weighted by Gasteiger charge is 2.57. The summed E-state index contributed by atoms with van der Waals surface area (Å²) in [4.78, 5) is 13.0. The monoisotopic (exact) mass is 321 g/mol. The van der Waals surface area contributed by atoms with Crippen LogP contribution in [0.2, 0.25) is 0 Å². The Labute approximate surface area is 141 Å². The maximum atomic E-state index is 10.8. The van der Waals surface area contributed by atoms with Crippen LogP contribution in [0.3, 0.4) is 0 Å². The van der Waals surface area contributed by atoms with Gasteiger partial charge in [0.25, 0.3) is 6.47 Å². The van der Waals surface area contributed by atoms with Crippen molar-refractivity contribution in [1.82, 2.24) is 0 Å². The maximum absolute atomic E-state index is 10.8. The van der Waals surface area contributed by atoms with Crippen LogP contribution in [0.4, 0.5) is 5.69 Å². The number of carbonyl (C=O) groups is 1. The van der Waals surface area contributed by atoms with Gasteiger partial charge in [-0.15, -0.1) is 0 Å². The van der Waals surface area contributed by atoms with E-state index in [-0.39, 0.29) is 5.41 Å². The Balaban J connectivity index is 1.89. The molecule has 2 aliphatic heterocycles. The average Bonchev–Trinajstić information content (AvgIpc) is 2.75. The summed E-state index contributed by atoms with van der Waals surface area (Å²) in [5, 5.41) is 0. The highest BCUT2D eigenvalue weighted by molar-refractivity contribution is 5.73. The van der Waals surface area contributed by atoms with Crippen LogP contribution in [0.1, 0.15) is 25.0 Å². The average molecular weight is 321 g/mol. The Bertz CT molecular complexity index is 856. The lowest BCUT2D eigenvalue weighted by Crippen LogP contribution is -2.58. The van der Waals surface area contributed by atoms with Crippen molar-refractivity contribution in [2.24, 2.45) is 0 Å². The standard InChI is InChI=1S/C20H19NO3/c1-19(2)15-8-4-5-9-16(15)21(3)20(19)12-11-14-7-6-10-17(23-13-22)18(14)24-20/h4-13H,1-3H3. The summed E-state index contributed by atoms with van der Waals surface area (Å²) in [5.74, 6) is 1.03. The Morgan fingerprint density at radius 2 is 1.92 bits per heavy atom. The molecule has 0 aromatic heterocycles. The van der Waals surface area contributed by atoms with Crippen molar-refractivity contribution < 1.29 is 14.3 Å². The van der Waals surface area contributed by atoms with Crippen LogP contribution in [0.15, 0.2) is 48.5 Å². The Morgan fingerprint density at radius 3 is 2.67 bits per heavy atom. The number of fused-ring (bicyclic) bond motifs is 2. The van der Waals surface area contributed by atoms with E-state index in [1.54, 1.807) is 6.07 Å².